The summed E-state index contributed by atoms with van der Waals surface area (Å²) in [4.78, 5) is 24.5. The number of carbonyl (C=O) groups excluding carboxylic acids is 1. The number of benzene rings is 1. The van der Waals surface area contributed by atoms with Gasteiger partial charge in [-0.05, 0) is 50.3 Å². The number of hydrogen-bond donors (Lipinski definition) is 1. The minimum Gasteiger partial charge on any atom is -0.496 e. The molecule has 0 spiro atoms. The van der Waals surface area contributed by atoms with Crippen LogP contribution in [0.5, 0.6) is 11.5 Å². The molecule has 0 fully saturated rings. The normalized spacial score (nSPS) is 14.1. The molecular formula is C20H21N3O5S. The Labute approximate surface area is 172 Å². The summed E-state index contributed by atoms with van der Waals surface area (Å²) in [5.41, 5.74) is 1.26. The van der Waals surface area contributed by atoms with E-state index < -0.39 is 16.9 Å². The summed E-state index contributed by atoms with van der Waals surface area (Å²) < 4.78 is 10.5. The third-order valence-electron chi connectivity index (χ3n) is 4.81. The lowest BCUT2D eigenvalue weighted by atomic mass is 10.1. The number of thiophene rings is 1. The van der Waals surface area contributed by atoms with E-state index >= 15 is 0 Å². The SMILES string of the molecule is COc1ccc(O[C@@H](C)C(=O)Nc2sc3c(c2C#N)CCCCC3)c([N+](=O)[O-])c1. The van der Waals surface area contributed by atoms with E-state index in [-0.39, 0.29) is 11.4 Å². The second kappa shape index (κ2) is 8.92. The van der Waals surface area contributed by atoms with E-state index in [0.29, 0.717) is 16.3 Å². The molecule has 0 unspecified atom stereocenters. The third kappa shape index (κ3) is 4.49. The Morgan fingerprint density at radius 2 is 2.10 bits per heavy atom. The molecule has 2 aromatic rings. The first-order valence-corrected chi connectivity index (χ1v) is 10.1. The van der Waals surface area contributed by atoms with E-state index in [1.54, 1.807) is 0 Å². The van der Waals surface area contributed by atoms with Crippen molar-refractivity contribution in [2.75, 3.05) is 12.4 Å². The van der Waals surface area contributed by atoms with Gasteiger partial charge in [0.05, 0.1) is 23.7 Å². The number of aryl methyl sites for hydroxylation is 1. The van der Waals surface area contributed by atoms with Gasteiger partial charge in [0, 0.05) is 4.88 Å². The van der Waals surface area contributed by atoms with Crippen LogP contribution in [0.15, 0.2) is 18.2 Å². The van der Waals surface area contributed by atoms with Gasteiger partial charge in [-0.1, -0.05) is 6.42 Å². The van der Waals surface area contributed by atoms with E-state index in [2.05, 4.69) is 11.4 Å². The molecular weight excluding hydrogens is 394 g/mol. The van der Waals surface area contributed by atoms with Gasteiger partial charge in [0.2, 0.25) is 0 Å². The Bertz CT molecular complexity index is 979. The molecule has 3 rings (SSSR count). The molecule has 0 saturated carbocycles. The number of rotatable bonds is 6. The molecule has 1 atom stereocenters. The van der Waals surface area contributed by atoms with Crippen molar-refractivity contribution in [3.05, 3.63) is 44.3 Å². The summed E-state index contributed by atoms with van der Waals surface area (Å²) in [7, 11) is 1.41. The van der Waals surface area contributed by atoms with Crippen LogP contribution >= 0.6 is 11.3 Å². The molecule has 0 aliphatic heterocycles. The van der Waals surface area contributed by atoms with Gasteiger partial charge in [0.15, 0.2) is 11.9 Å². The second-order valence-electron chi connectivity index (χ2n) is 6.72. The average molecular weight is 415 g/mol. The molecule has 9 heteroatoms. The molecule has 152 valence electrons. The number of methoxy groups -OCH3 is 1. The zero-order valence-electron chi connectivity index (χ0n) is 16.2. The third-order valence-corrected chi connectivity index (χ3v) is 6.01. The van der Waals surface area contributed by atoms with Crippen molar-refractivity contribution in [2.45, 2.75) is 45.1 Å². The first-order valence-electron chi connectivity index (χ1n) is 9.29. The molecule has 1 N–H and O–H groups in total. The van der Waals surface area contributed by atoms with Crippen LogP contribution in [0.25, 0.3) is 0 Å². The number of nitriles is 1. The van der Waals surface area contributed by atoms with Crippen molar-refractivity contribution in [1.82, 2.24) is 0 Å². The van der Waals surface area contributed by atoms with Crippen molar-refractivity contribution in [3.63, 3.8) is 0 Å². The first kappa shape index (κ1) is 20.6. The Morgan fingerprint density at radius 1 is 1.34 bits per heavy atom. The number of nitro groups is 1. The number of hydrogen-bond acceptors (Lipinski definition) is 7. The van der Waals surface area contributed by atoms with Crippen LogP contribution in [-0.4, -0.2) is 24.0 Å². The molecule has 0 bridgehead atoms. The number of amides is 1. The van der Waals surface area contributed by atoms with Gasteiger partial charge in [-0.15, -0.1) is 11.3 Å². The van der Waals surface area contributed by atoms with Gasteiger partial charge >= 0.3 is 5.69 Å². The lowest BCUT2D eigenvalue weighted by Crippen LogP contribution is -2.30. The quantitative estimate of drug-likeness (QED) is 0.429. The van der Waals surface area contributed by atoms with Crippen LogP contribution in [0.4, 0.5) is 10.7 Å². The summed E-state index contributed by atoms with van der Waals surface area (Å²) >= 11 is 1.43. The second-order valence-corrected chi connectivity index (χ2v) is 7.83. The monoisotopic (exact) mass is 415 g/mol. The molecule has 1 aliphatic rings. The van der Waals surface area contributed by atoms with Crippen molar-refractivity contribution < 1.29 is 19.2 Å². The van der Waals surface area contributed by atoms with Gasteiger partial charge in [-0.2, -0.15) is 5.26 Å². The van der Waals surface area contributed by atoms with Crippen LogP contribution in [0.1, 0.15) is 42.2 Å². The first-order chi connectivity index (χ1) is 13.9. The van der Waals surface area contributed by atoms with Gasteiger partial charge < -0.3 is 14.8 Å². The maximum absolute atomic E-state index is 12.6. The Hall–Kier alpha value is -3.12. The summed E-state index contributed by atoms with van der Waals surface area (Å²) in [6.07, 6.45) is 4.01. The average Bonchev–Trinajstić information content (AvgIpc) is 2.86. The van der Waals surface area contributed by atoms with E-state index in [4.69, 9.17) is 9.47 Å². The molecule has 0 saturated heterocycles. The molecule has 29 heavy (non-hydrogen) atoms. The predicted octanol–water partition coefficient (Wildman–Crippen LogP) is 4.21. The zero-order chi connectivity index (χ0) is 21.0. The summed E-state index contributed by atoms with van der Waals surface area (Å²) in [5, 5.41) is 24.2. The van der Waals surface area contributed by atoms with Crippen LogP contribution in [0.3, 0.4) is 0 Å². The maximum atomic E-state index is 12.6. The van der Waals surface area contributed by atoms with Crippen LogP contribution in [0.2, 0.25) is 0 Å². The van der Waals surface area contributed by atoms with Crippen molar-refractivity contribution in [2.24, 2.45) is 0 Å². The minimum atomic E-state index is -0.990. The lowest BCUT2D eigenvalue weighted by Gasteiger charge is -2.14. The highest BCUT2D eigenvalue weighted by atomic mass is 32.1. The number of fused-ring (bicyclic) bond motifs is 1. The fourth-order valence-electron chi connectivity index (χ4n) is 3.27. The number of anilines is 1. The van der Waals surface area contributed by atoms with E-state index in [0.717, 1.165) is 42.5 Å². The molecule has 8 nitrogen and oxygen atoms in total. The zero-order valence-corrected chi connectivity index (χ0v) is 17.0. The van der Waals surface area contributed by atoms with E-state index in [9.17, 15) is 20.2 Å². The summed E-state index contributed by atoms with van der Waals surface area (Å²) in [5.74, 6) is -0.177. The fourth-order valence-corrected chi connectivity index (χ4v) is 4.52. The highest BCUT2D eigenvalue weighted by Gasteiger charge is 2.25. The molecule has 1 heterocycles. The van der Waals surface area contributed by atoms with Crippen LogP contribution in [-0.2, 0) is 17.6 Å². The molecule has 1 aromatic heterocycles. The minimum absolute atomic E-state index is 0.0269. The molecule has 0 radical (unpaired) electrons. The highest BCUT2D eigenvalue weighted by molar-refractivity contribution is 7.16. The lowest BCUT2D eigenvalue weighted by molar-refractivity contribution is -0.386. The van der Waals surface area contributed by atoms with E-state index in [1.807, 2.05) is 0 Å². The number of nitrogens with one attached hydrogen (secondary N) is 1. The maximum Gasteiger partial charge on any atom is 0.314 e. The number of ether oxygens (including phenoxy) is 2. The number of nitro benzene ring substituents is 1. The van der Waals surface area contributed by atoms with E-state index in [1.165, 1.54) is 43.6 Å². The van der Waals surface area contributed by atoms with Crippen molar-refractivity contribution in [3.8, 4) is 17.6 Å². The standard InChI is InChI=1S/C20H21N3O5S/c1-12(28-17-9-8-13(27-2)10-16(17)23(25)26)19(24)22-20-15(11-21)14-6-4-3-5-7-18(14)29-20/h8-10,12H,3-7H2,1-2H3,(H,22,24)/t12-/m0/s1. The summed E-state index contributed by atoms with van der Waals surface area (Å²) in [6, 6.07) is 6.38. The topological polar surface area (TPSA) is 114 Å². The largest absolute Gasteiger partial charge is 0.496 e. The summed E-state index contributed by atoms with van der Waals surface area (Å²) in [6.45, 7) is 1.51. The predicted molar refractivity (Wildman–Crippen MR) is 109 cm³/mol. The highest BCUT2D eigenvalue weighted by Crippen LogP contribution is 2.37. The van der Waals surface area contributed by atoms with Crippen LogP contribution < -0.4 is 14.8 Å². The van der Waals surface area contributed by atoms with Crippen molar-refractivity contribution in [1.29, 1.82) is 5.26 Å². The Balaban J connectivity index is 1.77. The molecule has 1 aliphatic carbocycles. The smallest absolute Gasteiger partial charge is 0.314 e. The molecule has 1 aromatic carbocycles. The molecule has 1 amide bonds. The van der Waals surface area contributed by atoms with Gasteiger partial charge in [-0.3, -0.25) is 14.9 Å². The number of carbonyl (C=O) groups is 1. The Morgan fingerprint density at radius 3 is 2.79 bits per heavy atom. The van der Waals surface area contributed by atoms with Gasteiger partial charge in [-0.25, -0.2) is 0 Å². The van der Waals surface area contributed by atoms with Crippen molar-refractivity contribution >= 4 is 27.9 Å². The van der Waals surface area contributed by atoms with Crippen LogP contribution in [0, 0.1) is 21.4 Å². The number of nitrogens with zero attached hydrogens (tertiary/aromatic N) is 2. The fraction of sp³-hybridized carbons (Fsp3) is 0.400. The van der Waals surface area contributed by atoms with Gasteiger partial charge in [0.25, 0.3) is 5.91 Å². The van der Waals surface area contributed by atoms with Gasteiger partial charge in [0.1, 0.15) is 16.8 Å². The Kier molecular flexibility index (Phi) is 6.34.